The molecule has 0 spiro atoms. The van der Waals surface area contributed by atoms with Gasteiger partial charge in [0, 0.05) is 23.6 Å². The maximum absolute atomic E-state index is 12.6. The van der Waals surface area contributed by atoms with Gasteiger partial charge < -0.3 is 10.1 Å². The molecule has 0 saturated heterocycles. The summed E-state index contributed by atoms with van der Waals surface area (Å²) in [5, 5.41) is 7.08. The third-order valence-electron chi connectivity index (χ3n) is 4.11. The molecule has 28 heavy (non-hydrogen) atoms. The van der Waals surface area contributed by atoms with E-state index in [1.54, 1.807) is 29.1 Å². The van der Waals surface area contributed by atoms with Crippen LogP contribution in [-0.2, 0) is 6.61 Å². The third-order valence-corrected chi connectivity index (χ3v) is 4.77. The second-order valence-corrected chi connectivity index (χ2v) is 6.59. The molecule has 0 aliphatic carbocycles. The van der Waals surface area contributed by atoms with Crippen LogP contribution in [0.5, 0.6) is 5.75 Å². The van der Waals surface area contributed by atoms with Gasteiger partial charge in [0.15, 0.2) is 0 Å². The quantitative estimate of drug-likeness (QED) is 0.540. The smallest absolute Gasteiger partial charge is 0.255 e. The summed E-state index contributed by atoms with van der Waals surface area (Å²) < 4.78 is 15.8. The first kappa shape index (κ1) is 17.9. The van der Waals surface area contributed by atoms with Gasteiger partial charge in [-0.25, -0.2) is 4.68 Å². The van der Waals surface area contributed by atoms with Crippen LogP contribution in [-0.4, -0.2) is 24.4 Å². The standard InChI is InChI=1S/C20H17N5O2S/c1-14-19(24-28-23-14)13-27-18-5-2-4-15(12-18)20(26)22-16-6-8-17(9-7-16)25-11-3-10-21-25/h2-12H,13H2,1H3,(H,22,26). The number of hydrogen-bond acceptors (Lipinski definition) is 6. The fraction of sp³-hybridized carbons (Fsp3) is 0.100. The largest absolute Gasteiger partial charge is 0.487 e. The first-order chi connectivity index (χ1) is 13.7. The fourth-order valence-electron chi connectivity index (χ4n) is 2.58. The lowest BCUT2D eigenvalue weighted by Crippen LogP contribution is -2.12. The second kappa shape index (κ2) is 8.01. The lowest BCUT2D eigenvalue weighted by Gasteiger charge is -2.09. The Labute approximate surface area is 165 Å². The molecule has 0 saturated carbocycles. The minimum absolute atomic E-state index is 0.205. The van der Waals surface area contributed by atoms with Gasteiger partial charge in [0.2, 0.25) is 0 Å². The summed E-state index contributed by atoms with van der Waals surface area (Å²) in [5.41, 5.74) is 3.80. The van der Waals surface area contributed by atoms with Crippen LogP contribution in [0.25, 0.3) is 5.69 Å². The third kappa shape index (κ3) is 4.07. The van der Waals surface area contributed by atoms with Crippen molar-refractivity contribution in [2.45, 2.75) is 13.5 Å². The van der Waals surface area contributed by atoms with Crippen molar-refractivity contribution in [2.24, 2.45) is 0 Å². The Hall–Kier alpha value is -3.52. The molecule has 8 heteroatoms. The van der Waals surface area contributed by atoms with Gasteiger partial charge in [-0.2, -0.15) is 13.8 Å². The van der Waals surface area contributed by atoms with E-state index >= 15 is 0 Å². The zero-order chi connectivity index (χ0) is 19.3. The second-order valence-electron chi connectivity index (χ2n) is 6.06. The highest BCUT2D eigenvalue weighted by Gasteiger charge is 2.09. The number of carbonyl (C=O) groups excluding carboxylic acids is 1. The van der Waals surface area contributed by atoms with E-state index in [0.717, 1.165) is 28.8 Å². The number of amides is 1. The van der Waals surface area contributed by atoms with Crippen LogP contribution in [0.3, 0.4) is 0 Å². The van der Waals surface area contributed by atoms with Crippen LogP contribution in [0, 0.1) is 6.92 Å². The molecule has 0 aliphatic rings. The average molecular weight is 391 g/mol. The first-order valence-corrected chi connectivity index (χ1v) is 9.34. The van der Waals surface area contributed by atoms with E-state index in [2.05, 4.69) is 19.2 Å². The van der Waals surface area contributed by atoms with E-state index in [1.807, 2.05) is 49.5 Å². The molecule has 0 fully saturated rings. The van der Waals surface area contributed by atoms with Gasteiger partial charge in [-0.1, -0.05) is 6.07 Å². The SMILES string of the molecule is Cc1nsnc1COc1cccc(C(=O)Nc2ccc(-n3cccn3)cc2)c1. The van der Waals surface area contributed by atoms with Gasteiger partial charge >= 0.3 is 0 Å². The number of nitrogens with zero attached hydrogens (tertiary/aromatic N) is 4. The molecule has 0 unspecified atom stereocenters. The summed E-state index contributed by atoms with van der Waals surface area (Å²) in [6, 6.07) is 16.4. The highest BCUT2D eigenvalue weighted by Crippen LogP contribution is 2.18. The van der Waals surface area contributed by atoms with E-state index in [1.165, 1.54) is 0 Å². The maximum atomic E-state index is 12.6. The van der Waals surface area contributed by atoms with Crippen molar-refractivity contribution < 1.29 is 9.53 Å². The minimum Gasteiger partial charge on any atom is -0.487 e. The zero-order valence-corrected chi connectivity index (χ0v) is 15.9. The molecule has 4 aromatic rings. The summed E-state index contributed by atoms with van der Waals surface area (Å²) in [6.07, 6.45) is 3.58. The van der Waals surface area contributed by atoms with Crippen LogP contribution in [0.1, 0.15) is 21.7 Å². The molecule has 2 aromatic carbocycles. The Bertz CT molecular complexity index is 1070. The normalized spacial score (nSPS) is 10.6. The summed E-state index contributed by atoms with van der Waals surface area (Å²) in [5.74, 6) is 0.401. The maximum Gasteiger partial charge on any atom is 0.255 e. The van der Waals surface area contributed by atoms with Crippen LogP contribution in [0.2, 0.25) is 0 Å². The number of hydrogen-bond donors (Lipinski definition) is 1. The predicted molar refractivity (Wildman–Crippen MR) is 107 cm³/mol. The topological polar surface area (TPSA) is 81.9 Å². The van der Waals surface area contributed by atoms with Gasteiger partial charge in [0.25, 0.3) is 5.91 Å². The number of aromatic nitrogens is 4. The minimum atomic E-state index is -0.205. The molecule has 1 N–H and O–H groups in total. The van der Waals surface area contributed by atoms with E-state index in [4.69, 9.17) is 4.74 Å². The van der Waals surface area contributed by atoms with Crippen LogP contribution in [0.15, 0.2) is 67.0 Å². The Morgan fingerprint density at radius 1 is 1.14 bits per heavy atom. The van der Waals surface area contributed by atoms with Crippen LogP contribution < -0.4 is 10.1 Å². The molecular formula is C20H17N5O2S. The lowest BCUT2D eigenvalue weighted by atomic mass is 10.2. The number of ether oxygens (including phenoxy) is 1. The number of anilines is 1. The number of benzene rings is 2. The Kier molecular flexibility index (Phi) is 5.11. The van der Waals surface area contributed by atoms with Crippen molar-refractivity contribution in [3.63, 3.8) is 0 Å². The average Bonchev–Trinajstić information content (AvgIpc) is 3.39. The molecule has 0 atom stereocenters. The van der Waals surface area contributed by atoms with Gasteiger partial charge in [-0.3, -0.25) is 4.79 Å². The van der Waals surface area contributed by atoms with E-state index in [-0.39, 0.29) is 5.91 Å². The summed E-state index contributed by atoms with van der Waals surface area (Å²) in [7, 11) is 0. The molecule has 140 valence electrons. The van der Waals surface area contributed by atoms with Crippen molar-refractivity contribution in [1.29, 1.82) is 0 Å². The van der Waals surface area contributed by atoms with Crippen molar-refractivity contribution >= 4 is 23.3 Å². The molecule has 4 rings (SSSR count). The predicted octanol–water partition coefficient (Wildman–Crippen LogP) is 3.86. The summed E-state index contributed by atoms with van der Waals surface area (Å²) in [6.45, 7) is 2.21. The number of nitrogens with one attached hydrogen (secondary N) is 1. The number of aryl methyl sites for hydroxylation is 1. The fourth-order valence-corrected chi connectivity index (χ4v) is 3.13. The zero-order valence-electron chi connectivity index (χ0n) is 15.1. The number of carbonyl (C=O) groups is 1. The molecule has 2 aromatic heterocycles. The molecule has 0 aliphatic heterocycles. The van der Waals surface area contributed by atoms with Gasteiger partial charge in [0.05, 0.1) is 23.1 Å². The molecule has 0 radical (unpaired) electrons. The van der Waals surface area contributed by atoms with Crippen molar-refractivity contribution in [3.05, 3.63) is 83.9 Å². The molecule has 0 bridgehead atoms. The van der Waals surface area contributed by atoms with Crippen LogP contribution in [0.4, 0.5) is 5.69 Å². The highest BCUT2D eigenvalue weighted by molar-refractivity contribution is 6.99. The van der Waals surface area contributed by atoms with Crippen molar-refractivity contribution in [2.75, 3.05) is 5.32 Å². The lowest BCUT2D eigenvalue weighted by molar-refractivity contribution is 0.102. The summed E-state index contributed by atoms with van der Waals surface area (Å²) >= 11 is 1.16. The van der Waals surface area contributed by atoms with Gasteiger partial charge in [-0.05, 0) is 55.5 Å². The first-order valence-electron chi connectivity index (χ1n) is 8.61. The van der Waals surface area contributed by atoms with E-state index in [9.17, 15) is 4.79 Å². The Morgan fingerprint density at radius 3 is 2.71 bits per heavy atom. The Morgan fingerprint density at radius 2 is 2.00 bits per heavy atom. The van der Waals surface area contributed by atoms with E-state index in [0.29, 0.717) is 23.6 Å². The monoisotopic (exact) mass is 391 g/mol. The molecular weight excluding hydrogens is 374 g/mol. The van der Waals surface area contributed by atoms with Crippen LogP contribution >= 0.6 is 11.7 Å². The van der Waals surface area contributed by atoms with E-state index < -0.39 is 0 Å². The van der Waals surface area contributed by atoms with Crippen molar-refractivity contribution in [3.8, 4) is 11.4 Å². The molecule has 7 nitrogen and oxygen atoms in total. The number of rotatable bonds is 6. The Balaban J connectivity index is 1.41. The van der Waals surface area contributed by atoms with Gasteiger partial charge in [-0.15, -0.1) is 0 Å². The van der Waals surface area contributed by atoms with Crippen molar-refractivity contribution in [1.82, 2.24) is 18.5 Å². The molecule has 1 amide bonds. The summed E-state index contributed by atoms with van der Waals surface area (Å²) in [4.78, 5) is 12.6. The molecule has 2 heterocycles. The highest BCUT2D eigenvalue weighted by atomic mass is 32.1. The van der Waals surface area contributed by atoms with Gasteiger partial charge in [0.1, 0.15) is 18.1 Å².